The molecule has 0 rings (SSSR count). The van der Waals surface area contributed by atoms with Crippen LogP contribution in [0.3, 0.4) is 0 Å². The van der Waals surface area contributed by atoms with Gasteiger partial charge in [0.15, 0.2) is 0 Å². The Kier molecular flexibility index (Phi) is 6.82. The third-order valence-corrected chi connectivity index (χ3v) is 2.02. The molecule has 0 aromatic rings. The molecule has 94 valence electrons. The van der Waals surface area contributed by atoms with Gasteiger partial charge in [-0.15, -0.1) is 0 Å². The van der Waals surface area contributed by atoms with Crippen molar-refractivity contribution in [3.63, 3.8) is 0 Å². The quantitative estimate of drug-likeness (QED) is 0.190. The van der Waals surface area contributed by atoms with Crippen LogP contribution < -0.4 is 5.84 Å². The van der Waals surface area contributed by atoms with E-state index < -0.39 is 11.7 Å². The van der Waals surface area contributed by atoms with Crippen LogP contribution in [-0.2, 0) is 9.59 Å². The number of allylic oxidation sites excluding steroid dienone is 4. The highest BCUT2D eigenvalue weighted by molar-refractivity contribution is 6.43. The fourth-order valence-corrected chi connectivity index (χ4v) is 1.03. The Morgan fingerprint density at radius 2 is 2.00 bits per heavy atom. The molecule has 1 amide bonds. The van der Waals surface area contributed by atoms with Crippen LogP contribution in [0, 0.1) is 5.92 Å². The van der Waals surface area contributed by atoms with E-state index in [4.69, 9.17) is 5.84 Å². The van der Waals surface area contributed by atoms with E-state index in [1.807, 2.05) is 19.9 Å². The van der Waals surface area contributed by atoms with Gasteiger partial charge in [-0.05, 0) is 12.8 Å². The van der Waals surface area contributed by atoms with E-state index in [1.54, 1.807) is 13.0 Å². The molecule has 0 aliphatic heterocycles. The number of Topliss-reactive ketones (excluding diaryl/α,β-unsaturated/α-hetero) is 1. The fourth-order valence-electron chi connectivity index (χ4n) is 1.03. The standard InChI is InChI=1S/C13H20N2O2/c1-5-7-11(9-8-10(3)4)12(16)13(17)15(14)6-2/h5,7-10H,1,6,14H2,2-4H3/b9-8-,11-7+. The molecule has 0 saturated carbocycles. The molecule has 2 N–H and O–H groups in total. The molecule has 0 spiro atoms. The summed E-state index contributed by atoms with van der Waals surface area (Å²) in [5.41, 5.74) is 0.294. The zero-order valence-corrected chi connectivity index (χ0v) is 10.6. The minimum absolute atomic E-state index is 0.292. The minimum Gasteiger partial charge on any atom is -0.283 e. The molecule has 0 aromatic heterocycles. The van der Waals surface area contributed by atoms with Crippen molar-refractivity contribution >= 4 is 11.7 Å². The van der Waals surface area contributed by atoms with Crippen molar-refractivity contribution in [3.8, 4) is 0 Å². The summed E-state index contributed by atoms with van der Waals surface area (Å²) in [4.78, 5) is 23.4. The van der Waals surface area contributed by atoms with Crippen LogP contribution in [0.5, 0.6) is 0 Å². The Morgan fingerprint density at radius 1 is 1.41 bits per heavy atom. The Bertz CT molecular complexity index is 354. The number of amides is 1. The first-order valence-electron chi connectivity index (χ1n) is 5.55. The van der Waals surface area contributed by atoms with Gasteiger partial charge in [-0.1, -0.05) is 44.7 Å². The van der Waals surface area contributed by atoms with E-state index in [2.05, 4.69) is 6.58 Å². The number of hydrogen-bond acceptors (Lipinski definition) is 3. The predicted molar refractivity (Wildman–Crippen MR) is 68.8 cm³/mol. The molecule has 0 aliphatic carbocycles. The number of nitrogens with two attached hydrogens (primary N) is 1. The summed E-state index contributed by atoms with van der Waals surface area (Å²) < 4.78 is 0. The number of hydrazine groups is 1. The molecule has 17 heavy (non-hydrogen) atoms. The predicted octanol–water partition coefficient (Wildman–Crippen LogP) is 1.60. The lowest BCUT2D eigenvalue weighted by molar-refractivity contribution is -0.142. The first-order valence-corrected chi connectivity index (χ1v) is 5.55. The van der Waals surface area contributed by atoms with Crippen molar-refractivity contribution in [2.45, 2.75) is 20.8 Å². The molecule has 0 aliphatic rings. The summed E-state index contributed by atoms with van der Waals surface area (Å²) >= 11 is 0. The maximum absolute atomic E-state index is 11.8. The molecule has 0 unspecified atom stereocenters. The molecule has 0 saturated heterocycles. The normalized spacial score (nSPS) is 11.9. The van der Waals surface area contributed by atoms with Crippen LogP contribution in [0.1, 0.15) is 20.8 Å². The average Bonchev–Trinajstić information content (AvgIpc) is 2.31. The van der Waals surface area contributed by atoms with Gasteiger partial charge in [0.2, 0.25) is 0 Å². The van der Waals surface area contributed by atoms with Crippen molar-refractivity contribution in [1.29, 1.82) is 0 Å². The van der Waals surface area contributed by atoms with Crippen molar-refractivity contribution < 1.29 is 9.59 Å². The summed E-state index contributed by atoms with van der Waals surface area (Å²) in [6.45, 7) is 9.47. The Morgan fingerprint density at radius 3 is 2.41 bits per heavy atom. The minimum atomic E-state index is -0.714. The first-order chi connectivity index (χ1) is 7.93. The smallest absolute Gasteiger partial charge is 0.283 e. The van der Waals surface area contributed by atoms with Gasteiger partial charge in [-0.2, -0.15) is 0 Å². The van der Waals surface area contributed by atoms with Crippen LogP contribution >= 0.6 is 0 Å². The second-order valence-electron chi connectivity index (χ2n) is 3.88. The average molecular weight is 236 g/mol. The van der Waals surface area contributed by atoms with Crippen LogP contribution in [0.4, 0.5) is 0 Å². The molecule has 0 bridgehead atoms. The largest absolute Gasteiger partial charge is 0.308 e. The van der Waals surface area contributed by atoms with Gasteiger partial charge in [0, 0.05) is 12.1 Å². The molecule has 0 radical (unpaired) electrons. The highest BCUT2D eigenvalue weighted by Crippen LogP contribution is 2.05. The van der Waals surface area contributed by atoms with Gasteiger partial charge in [0.25, 0.3) is 5.78 Å². The highest BCUT2D eigenvalue weighted by atomic mass is 16.2. The molecule has 4 heteroatoms. The Labute approximate surface area is 102 Å². The SMILES string of the molecule is C=C/C=C(\C=C/C(C)C)C(=O)C(=O)N(N)CC. The van der Waals surface area contributed by atoms with Crippen molar-refractivity contribution in [2.75, 3.05) is 6.54 Å². The Balaban J connectivity index is 4.97. The summed E-state index contributed by atoms with van der Waals surface area (Å²) in [6.07, 6.45) is 6.43. The zero-order chi connectivity index (χ0) is 13.4. The molecule has 0 aromatic carbocycles. The van der Waals surface area contributed by atoms with Gasteiger partial charge < -0.3 is 0 Å². The number of ketones is 1. The van der Waals surface area contributed by atoms with Crippen molar-refractivity contribution in [2.24, 2.45) is 11.8 Å². The number of rotatable bonds is 6. The van der Waals surface area contributed by atoms with E-state index in [9.17, 15) is 9.59 Å². The monoisotopic (exact) mass is 236 g/mol. The lowest BCUT2D eigenvalue weighted by Crippen LogP contribution is -2.42. The topological polar surface area (TPSA) is 63.4 Å². The van der Waals surface area contributed by atoms with Gasteiger partial charge >= 0.3 is 5.91 Å². The molecule has 0 atom stereocenters. The maximum Gasteiger partial charge on any atom is 0.308 e. The highest BCUT2D eigenvalue weighted by Gasteiger charge is 2.20. The summed E-state index contributed by atoms with van der Waals surface area (Å²) in [5.74, 6) is 4.36. The van der Waals surface area contributed by atoms with Gasteiger partial charge in [-0.25, -0.2) is 5.84 Å². The fraction of sp³-hybridized carbons (Fsp3) is 0.385. The molecule has 4 nitrogen and oxygen atoms in total. The lowest BCUT2D eigenvalue weighted by Gasteiger charge is -2.12. The summed E-state index contributed by atoms with van der Waals surface area (Å²) in [7, 11) is 0. The van der Waals surface area contributed by atoms with E-state index in [0.717, 1.165) is 5.01 Å². The molecule has 0 fully saturated rings. The first kappa shape index (κ1) is 15.3. The third kappa shape index (κ3) is 5.26. The van der Waals surface area contributed by atoms with E-state index in [-0.39, 0.29) is 0 Å². The van der Waals surface area contributed by atoms with Crippen molar-refractivity contribution in [1.82, 2.24) is 5.01 Å². The van der Waals surface area contributed by atoms with Crippen molar-refractivity contribution in [3.05, 3.63) is 36.5 Å². The van der Waals surface area contributed by atoms with E-state index in [0.29, 0.717) is 18.0 Å². The zero-order valence-electron chi connectivity index (χ0n) is 10.6. The number of carbonyl (C=O) groups excluding carboxylic acids is 2. The lowest BCUT2D eigenvalue weighted by atomic mass is 10.1. The van der Waals surface area contributed by atoms with Gasteiger partial charge in [0.1, 0.15) is 0 Å². The second kappa shape index (κ2) is 7.57. The van der Waals surface area contributed by atoms with Gasteiger partial charge in [-0.3, -0.25) is 14.6 Å². The Hall–Kier alpha value is -1.68. The van der Waals surface area contributed by atoms with Crippen LogP contribution in [0.15, 0.2) is 36.5 Å². The maximum atomic E-state index is 11.8. The molecular formula is C13H20N2O2. The third-order valence-electron chi connectivity index (χ3n) is 2.02. The van der Waals surface area contributed by atoms with E-state index in [1.165, 1.54) is 12.2 Å². The van der Waals surface area contributed by atoms with Gasteiger partial charge in [0.05, 0.1) is 0 Å². The number of carbonyl (C=O) groups is 2. The second-order valence-corrected chi connectivity index (χ2v) is 3.88. The summed E-state index contributed by atoms with van der Waals surface area (Å²) in [5, 5.41) is 0.891. The summed E-state index contributed by atoms with van der Waals surface area (Å²) in [6, 6.07) is 0. The number of hydrogen-bond donors (Lipinski definition) is 1. The molecule has 0 heterocycles. The van der Waals surface area contributed by atoms with E-state index >= 15 is 0 Å². The number of nitrogens with zero attached hydrogens (tertiary/aromatic N) is 1. The number of likely N-dealkylation sites (N-methyl/N-ethyl adjacent to an activating group) is 1. The van der Waals surface area contributed by atoms with Crippen LogP contribution in [-0.4, -0.2) is 23.2 Å². The van der Waals surface area contributed by atoms with Crippen LogP contribution in [0.25, 0.3) is 0 Å². The van der Waals surface area contributed by atoms with Crippen LogP contribution in [0.2, 0.25) is 0 Å². The molecular weight excluding hydrogens is 216 g/mol.